The zero-order valence-electron chi connectivity index (χ0n) is 13.7. The first-order chi connectivity index (χ1) is 12.2. The number of benzene rings is 2. The number of hydrogen-bond donors (Lipinski definition) is 2. The van der Waals surface area contributed by atoms with Gasteiger partial charge in [0.2, 0.25) is 6.79 Å². The summed E-state index contributed by atoms with van der Waals surface area (Å²) in [5, 5.41) is 5.40. The lowest BCUT2D eigenvalue weighted by Gasteiger charge is -2.09. The molecule has 2 aromatic carbocycles. The van der Waals surface area contributed by atoms with E-state index >= 15 is 0 Å². The van der Waals surface area contributed by atoms with Crippen LogP contribution in [0.25, 0.3) is 0 Å². The molecule has 0 saturated heterocycles. The number of carbonyl (C=O) groups is 2. The topological polar surface area (TPSA) is 85.9 Å². The Bertz CT molecular complexity index is 774. The number of rotatable bonds is 5. The third kappa shape index (κ3) is 4.20. The zero-order chi connectivity index (χ0) is 17.6. The highest BCUT2D eigenvalue weighted by Gasteiger charge is 2.14. The van der Waals surface area contributed by atoms with E-state index in [1.807, 2.05) is 6.92 Å². The molecule has 1 aliphatic heterocycles. The summed E-state index contributed by atoms with van der Waals surface area (Å²) >= 11 is 0. The fourth-order valence-corrected chi connectivity index (χ4v) is 2.24. The Kier molecular flexibility index (Phi) is 5.03. The van der Waals surface area contributed by atoms with E-state index in [0.717, 1.165) is 6.42 Å². The van der Waals surface area contributed by atoms with E-state index in [4.69, 9.17) is 14.2 Å². The second kappa shape index (κ2) is 7.57. The molecule has 25 heavy (non-hydrogen) atoms. The number of urea groups is 1. The highest BCUT2D eigenvalue weighted by Crippen LogP contribution is 2.34. The predicted molar refractivity (Wildman–Crippen MR) is 92.2 cm³/mol. The number of ether oxygens (including phenoxy) is 3. The minimum absolute atomic E-state index is 0.179. The van der Waals surface area contributed by atoms with Gasteiger partial charge in [0.05, 0.1) is 12.2 Å². The van der Waals surface area contributed by atoms with Crippen molar-refractivity contribution in [1.29, 1.82) is 0 Å². The SMILES string of the molecule is CCCOC(=O)c1ccc(NC(=O)Nc2ccc3c(c2)OCO3)cc1. The lowest BCUT2D eigenvalue weighted by molar-refractivity contribution is 0.0505. The van der Waals surface area contributed by atoms with Gasteiger partial charge in [-0.05, 0) is 42.8 Å². The Labute approximate surface area is 144 Å². The molecule has 0 radical (unpaired) electrons. The number of anilines is 2. The zero-order valence-corrected chi connectivity index (χ0v) is 13.7. The van der Waals surface area contributed by atoms with Crippen molar-refractivity contribution in [3.63, 3.8) is 0 Å². The molecule has 3 rings (SSSR count). The van der Waals surface area contributed by atoms with Crippen LogP contribution in [0.5, 0.6) is 11.5 Å². The molecule has 0 fully saturated rings. The first-order valence-corrected chi connectivity index (χ1v) is 7.90. The first kappa shape index (κ1) is 16.6. The maximum absolute atomic E-state index is 12.1. The number of amides is 2. The molecule has 0 saturated carbocycles. The Balaban J connectivity index is 1.56. The summed E-state index contributed by atoms with van der Waals surface area (Å²) in [6.45, 7) is 2.49. The highest BCUT2D eigenvalue weighted by atomic mass is 16.7. The van der Waals surface area contributed by atoms with Gasteiger partial charge in [-0.3, -0.25) is 0 Å². The molecule has 7 heteroatoms. The third-order valence-electron chi connectivity index (χ3n) is 3.45. The van der Waals surface area contributed by atoms with Crippen LogP contribution in [0, 0.1) is 0 Å². The Morgan fingerprint density at radius 3 is 2.44 bits per heavy atom. The van der Waals surface area contributed by atoms with Crippen molar-refractivity contribution >= 4 is 23.4 Å². The van der Waals surface area contributed by atoms with Gasteiger partial charge >= 0.3 is 12.0 Å². The van der Waals surface area contributed by atoms with Crippen molar-refractivity contribution in [2.75, 3.05) is 24.0 Å². The highest BCUT2D eigenvalue weighted by molar-refractivity contribution is 6.00. The fourth-order valence-electron chi connectivity index (χ4n) is 2.24. The molecule has 0 aromatic heterocycles. The summed E-state index contributed by atoms with van der Waals surface area (Å²) in [5.41, 5.74) is 1.59. The van der Waals surface area contributed by atoms with E-state index < -0.39 is 6.03 Å². The molecule has 0 spiro atoms. The van der Waals surface area contributed by atoms with E-state index in [-0.39, 0.29) is 12.8 Å². The number of carbonyl (C=O) groups excluding carboxylic acids is 2. The maximum atomic E-state index is 12.1. The van der Waals surface area contributed by atoms with E-state index in [2.05, 4.69) is 10.6 Å². The smallest absolute Gasteiger partial charge is 0.338 e. The second-order valence-corrected chi connectivity index (χ2v) is 5.36. The first-order valence-electron chi connectivity index (χ1n) is 7.90. The molecule has 7 nitrogen and oxygen atoms in total. The van der Waals surface area contributed by atoms with E-state index in [1.54, 1.807) is 42.5 Å². The minimum atomic E-state index is -0.403. The van der Waals surface area contributed by atoms with Crippen molar-refractivity contribution < 1.29 is 23.8 Å². The van der Waals surface area contributed by atoms with Gasteiger partial charge in [0.15, 0.2) is 11.5 Å². The average Bonchev–Trinajstić information content (AvgIpc) is 3.08. The maximum Gasteiger partial charge on any atom is 0.338 e. The van der Waals surface area contributed by atoms with Crippen LogP contribution in [0.3, 0.4) is 0 Å². The molecule has 0 bridgehead atoms. The van der Waals surface area contributed by atoms with Crippen molar-refractivity contribution in [2.24, 2.45) is 0 Å². The van der Waals surface area contributed by atoms with Crippen LogP contribution in [-0.4, -0.2) is 25.4 Å². The van der Waals surface area contributed by atoms with E-state index in [9.17, 15) is 9.59 Å². The molecule has 1 heterocycles. The van der Waals surface area contributed by atoms with Crippen LogP contribution in [0.1, 0.15) is 23.7 Å². The Morgan fingerprint density at radius 1 is 1.00 bits per heavy atom. The molecular formula is C18H18N2O5. The van der Waals surface area contributed by atoms with E-state index in [1.165, 1.54) is 0 Å². The average molecular weight is 342 g/mol. The molecular weight excluding hydrogens is 324 g/mol. The van der Waals surface area contributed by atoms with Gasteiger partial charge in [-0.15, -0.1) is 0 Å². The summed E-state index contributed by atoms with van der Waals surface area (Å²) in [7, 11) is 0. The van der Waals surface area contributed by atoms with Crippen molar-refractivity contribution in [3.05, 3.63) is 48.0 Å². The Morgan fingerprint density at radius 2 is 1.68 bits per heavy atom. The van der Waals surface area contributed by atoms with Gasteiger partial charge in [-0.1, -0.05) is 6.92 Å². The molecule has 0 unspecified atom stereocenters. The van der Waals surface area contributed by atoms with Gasteiger partial charge in [0, 0.05) is 17.4 Å². The number of fused-ring (bicyclic) bond motifs is 1. The lowest BCUT2D eigenvalue weighted by Crippen LogP contribution is -2.19. The summed E-state index contributed by atoms with van der Waals surface area (Å²) in [6.07, 6.45) is 0.769. The summed E-state index contributed by atoms with van der Waals surface area (Å²) < 4.78 is 15.5. The summed E-state index contributed by atoms with van der Waals surface area (Å²) in [4.78, 5) is 23.8. The lowest BCUT2D eigenvalue weighted by atomic mass is 10.2. The fraction of sp³-hybridized carbons (Fsp3) is 0.222. The molecule has 2 amide bonds. The third-order valence-corrected chi connectivity index (χ3v) is 3.45. The number of esters is 1. The molecule has 2 N–H and O–H groups in total. The number of hydrogen-bond acceptors (Lipinski definition) is 5. The second-order valence-electron chi connectivity index (χ2n) is 5.36. The molecule has 1 aliphatic rings. The summed E-state index contributed by atoms with van der Waals surface area (Å²) in [5.74, 6) is 0.863. The Hall–Kier alpha value is -3.22. The van der Waals surface area contributed by atoms with Crippen molar-refractivity contribution in [3.8, 4) is 11.5 Å². The minimum Gasteiger partial charge on any atom is -0.462 e. The van der Waals surface area contributed by atoms with Crippen LogP contribution in [0.2, 0.25) is 0 Å². The largest absolute Gasteiger partial charge is 0.462 e. The van der Waals surface area contributed by atoms with Crippen LogP contribution in [0.4, 0.5) is 16.2 Å². The molecule has 2 aromatic rings. The van der Waals surface area contributed by atoms with Crippen molar-refractivity contribution in [1.82, 2.24) is 0 Å². The quantitative estimate of drug-likeness (QED) is 0.811. The normalized spacial score (nSPS) is 11.7. The summed E-state index contributed by atoms with van der Waals surface area (Å²) in [6, 6.07) is 11.2. The van der Waals surface area contributed by atoms with E-state index in [0.29, 0.717) is 35.0 Å². The monoisotopic (exact) mass is 342 g/mol. The van der Waals surface area contributed by atoms with Crippen LogP contribution in [0.15, 0.2) is 42.5 Å². The van der Waals surface area contributed by atoms with Crippen LogP contribution in [-0.2, 0) is 4.74 Å². The van der Waals surface area contributed by atoms with Gasteiger partial charge in [0.1, 0.15) is 0 Å². The van der Waals surface area contributed by atoms with Gasteiger partial charge in [-0.2, -0.15) is 0 Å². The van der Waals surface area contributed by atoms with Gasteiger partial charge in [-0.25, -0.2) is 9.59 Å². The van der Waals surface area contributed by atoms with Crippen molar-refractivity contribution in [2.45, 2.75) is 13.3 Å². The standard InChI is InChI=1S/C18H18N2O5/c1-2-9-23-17(21)12-3-5-13(6-4-12)19-18(22)20-14-7-8-15-16(10-14)25-11-24-15/h3-8,10H,2,9,11H2,1H3,(H2,19,20,22). The van der Waals surface area contributed by atoms with Gasteiger partial charge in [0.25, 0.3) is 0 Å². The predicted octanol–water partition coefficient (Wildman–Crippen LogP) is 3.63. The molecule has 130 valence electrons. The van der Waals surface area contributed by atoms with Gasteiger partial charge < -0.3 is 24.8 Å². The van der Waals surface area contributed by atoms with Crippen LogP contribution < -0.4 is 20.1 Å². The number of nitrogens with one attached hydrogen (secondary N) is 2. The van der Waals surface area contributed by atoms with Crippen LogP contribution >= 0.6 is 0 Å². The molecule has 0 atom stereocenters. The molecule has 0 aliphatic carbocycles.